The molecule has 2 aromatic heterocycles. The Morgan fingerprint density at radius 1 is 1.35 bits per heavy atom. The van der Waals surface area contributed by atoms with Crippen LogP contribution in [-0.4, -0.2) is 14.5 Å². The Labute approximate surface area is 154 Å². The van der Waals surface area contributed by atoms with E-state index in [-0.39, 0.29) is 16.6 Å². The Hall–Kier alpha value is -3.18. The minimum absolute atomic E-state index is 0.0695. The minimum Gasteiger partial charge on any atom is -0.438 e. The highest BCUT2D eigenvalue weighted by Gasteiger charge is 2.34. The molecule has 4 rings (SSSR count). The van der Waals surface area contributed by atoms with Crippen LogP contribution < -0.4 is 16.2 Å². The third-order valence-corrected chi connectivity index (χ3v) is 5.63. The maximum atomic E-state index is 9.41. The number of aryl methyl sites for hydroxylation is 2. The topological polar surface area (TPSA) is 116 Å². The molecule has 1 unspecified atom stereocenters. The molecule has 0 fully saturated rings. The standard InChI is InChI=1S/C18H16N6OS/c1-9-3-4-12-10(7-9)15(26-18-22-5-6-24(18)2)13-14(20)11(8-19)16(21)23-17(13)25-12/h3-7,15H,1-2H3,(H4,20,21,23). The predicted octanol–water partition coefficient (Wildman–Crippen LogP) is 3.15. The van der Waals surface area contributed by atoms with Gasteiger partial charge >= 0.3 is 0 Å². The molecule has 0 amide bonds. The zero-order valence-electron chi connectivity index (χ0n) is 14.2. The van der Waals surface area contributed by atoms with E-state index < -0.39 is 0 Å². The molecule has 1 aromatic carbocycles. The molecular weight excluding hydrogens is 348 g/mol. The number of hydrogen-bond acceptors (Lipinski definition) is 7. The highest BCUT2D eigenvalue weighted by Crippen LogP contribution is 2.53. The lowest BCUT2D eigenvalue weighted by molar-refractivity contribution is 0.440. The summed E-state index contributed by atoms with van der Waals surface area (Å²) >= 11 is 1.53. The van der Waals surface area contributed by atoms with Gasteiger partial charge in [0.2, 0.25) is 5.88 Å². The number of nitrogens with two attached hydrogens (primary N) is 2. The molecule has 8 heteroatoms. The molecule has 0 saturated heterocycles. The van der Waals surface area contributed by atoms with Crippen molar-refractivity contribution < 1.29 is 4.74 Å². The van der Waals surface area contributed by atoms with Crippen molar-refractivity contribution in [1.29, 1.82) is 5.26 Å². The van der Waals surface area contributed by atoms with E-state index >= 15 is 0 Å². The Morgan fingerprint density at radius 2 is 2.15 bits per heavy atom. The van der Waals surface area contributed by atoms with Gasteiger partial charge in [-0.1, -0.05) is 29.5 Å². The molecule has 7 nitrogen and oxygen atoms in total. The molecule has 3 aromatic rings. The SMILES string of the molecule is Cc1ccc2c(c1)C(Sc1nccn1C)c1c(nc(N)c(C#N)c1N)O2. The van der Waals surface area contributed by atoms with Gasteiger partial charge in [-0.15, -0.1) is 0 Å². The molecule has 1 aliphatic rings. The summed E-state index contributed by atoms with van der Waals surface area (Å²) in [7, 11) is 1.93. The molecule has 1 aliphatic heterocycles. The van der Waals surface area contributed by atoms with Gasteiger partial charge in [-0.25, -0.2) is 4.98 Å². The molecule has 3 heterocycles. The first-order valence-corrected chi connectivity index (χ1v) is 8.79. The summed E-state index contributed by atoms with van der Waals surface area (Å²) in [4.78, 5) is 8.68. The number of pyridine rings is 1. The van der Waals surface area contributed by atoms with Crippen LogP contribution >= 0.6 is 11.8 Å². The third kappa shape index (κ3) is 2.45. The van der Waals surface area contributed by atoms with E-state index in [9.17, 15) is 5.26 Å². The van der Waals surface area contributed by atoms with Crippen LogP contribution in [0.5, 0.6) is 11.6 Å². The van der Waals surface area contributed by atoms with Crippen LogP contribution in [0.1, 0.15) is 27.5 Å². The van der Waals surface area contributed by atoms with Crippen molar-refractivity contribution in [2.24, 2.45) is 7.05 Å². The average molecular weight is 364 g/mol. The summed E-state index contributed by atoms with van der Waals surface area (Å²) in [6.07, 6.45) is 3.62. The monoisotopic (exact) mass is 364 g/mol. The number of benzene rings is 1. The Morgan fingerprint density at radius 3 is 2.85 bits per heavy atom. The van der Waals surface area contributed by atoms with Gasteiger partial charge in [0.1, 0.15) is 23.2 Å². The van der Waals surface area contributed by atoms with Gasteiger partial charge in [0.15, 0.2) is 5.16 Å². The maximum Gasteiger partial charge on any atom is 0.228 e. The molecule has 0 bridgehead atoms. The minimum atomic E-state index is -0.213. The van der Waals surface area contributed by atoms with E-state index in [2.05, 4.69) is 16.0 Å². The van der Waals surface area contributed by atoms with Gasteiger partial charge in [0.25, 0.3) is 0 Å². The van der Waals surface area contributed by atoms with E-state index in [1.807, 2.05) is 42.9 Å². The molecule has 0 spiro atoms. The van der Waals surface area contributed by atoms with Crippen LogP contribution in [0.4, 0.5) is 11.5 Å². The van der Waals surface area contributed by atoms with E-state index in [0.717, 1.165) is 16.3 Å². The predicted molar refractivity (Wildman–Crippen MR) is 99.9 cm³/mol. The summed E-state index contributed by atoms with van der Waals surface area (Å²) in [6, 6.07) is 7.98. The van der Waals surface area contributed by atoms with Crippen LogP contribution in [0.3, 0.4) is 0 Å². The van der Waals surface area contributed by atoms with Crippen molar-refractivity contribution in [3.63, 3.8) is 0 Å². The second-order valence-electron chi connectivity index (χ2n) is 6.08. The van der Waals surface area contributed by atoms with Crippen LogP contribution in [-0.2, 0) is 7.05 Å². The molecule has 1 atom stereocenters. The number of aromatic nitrogens is 3. The summed E-state index contributed by atoms with van der Waals surface area (Å²) < 4.78 is 7.88. The van der Waals surface area contributed by atoms with E-state index in [4.69, 9.17) is 16.2 Å². The smallest absolute Gasteiger partial charge is 0.228 e. The molecule has 130 valence electrons. The van der Waals surface area contributed by atoms with Gasteiger partial charge in [-0.05, 0) is 13.0 Å². The van der Waals surface area contributed by atoms with Crippen molar-refractivity contribution in [3.8, 4) is 17.7 Å². The number of imidazole rings is 1. The van der Waals surface area contributed by atoms with Crippen LogP contribution in [0.2, 0.25) is 0 Å². The highest BCUT2D eigenvalue weighted by molar-refractivity contribution is 7.99. The third-order valence-electron chi connectivity index (χ3n) is 4.30. The molecular formula is C18H16N6OS. The van der Waals surface area contributed by atoms with Crippen LogP contribution in [0.25, 0.3) is 0 Å². The number of nitrogens with zero attached hydrogens (tertiary/aromatic N) is 4. The van der Waals surface area contributed by atoms with Crippen molar-refractivity contribution in [3.05, 3.63) is 52.8 Å². The number of fused-ring (bicyclic) bond motifs is 2. The van der Waals surface area contributed by atoms with Crippen molar-refractivity contribution >= 4 is 23.3 Å². The van der Waals surface area contributed by atoms with Crippen LogP contribution in [0.15, 0.2) is 35.7 Å². The van der Waals surface area contributed by atoms with Gasteiger partial charge < -0.3 is 20.8 Å². The summed E-state index contributed by atoms with van der Waals surface area (Å²) in [5, 5.41) is 10.0. The summed E-state index contributed by atoms with van der Waals surface area (Å²) in [6.45, 7) is 2.02. The molecule has 4 N–H and O–H groups in total. The number of nitriles is 1. The first-order chi connectivity index (χ1) is 12.5. The fraction of sp³-hybridized carbons (Fsp3) is 0.167. The quantitative estimate of drug-likeness (QED) is 0.717. The van der Waals surface area contributed by atoms with Crippen molar-refractivity contribution in [2.75, 3.05) is 11.5 Å². The zero-order chi connectivity index (χ0) is 18.4. The summed E-state index contributed by atoms with van der Waals surface area (Å²) in [5.74, 6) is 1.10. The van der Waals surface area contributed by atoms with E-state index in [0.29, 0.717) is 22.9 Å². The van der Waals surface area contributed by atoms with Crippen molar-refractivity contribution in [2.45, 2.75) is 17.3 Å². The number of nitrogen functional groups attached to an aromatic ring is 2. The molecule has 26 heavy (non-hydrogen) atoms. The normalized spacial score (nSPS) is 14.9. The second-order valence-corrected chi connectivity index (χ2v) is 7.15. The molecule has 0 aliphatic carbocycles. The van der Waals surface area contributed by atoms with Crippen LogP contribution in [0, 0.1) is 18.3 Å². The number of anilines is 2. The first kappa shape index (κ1) is 16.3. The highest BCUT2D eigenvalue weighted by atomic mass is 32.2. The Balaban J connectivity index is 1.95. The Bertz CT molecular complexity index is 1070. The number of ether oxygens (including phenoxy) is 1. The van der Waals surface area contributed by atoms with Gasteiger partial charge in [0.05, 0.1) is 16.5 Å². The van der Waals surface area contributed by atoms with E-state index in [1.54, 1.807) is 6.20 Å². The van der Waals surface area contributed by atoms with E-state index in [1.165, 1.54) is 11.8 Å². The van der Waals surface area contributed by atoms with Gasteiger partial charge in [-0.2, -0.15) is 10.2 Å². The number of thioether (sulfide) groups is 1. The van der Waals surface area contributed by atoms with Gasteiger partial charge in [-0.3, -0.25) is 0 Å². The van der Waals surface area contributed by atoms with Gasteiger partial charge in [0, 0.05) is 25.0 Å². The average Bonchev–Trinajstić information content (AvgIpc) is 3.00. The Kier molecular flexibility index (Phi) is 3.74. The maximum absolute atomic E-state index is 9.41. The fourth-order valence-corrected chi connectivity index (χ4v) is 4.20. The number of hydrogen-bond donors (Lipinski definition) is 2. The lowest BCUT2D eigenvalue weighted by Gasteiger charge is -2.28. The second kappa shape index (κ2) is 5.97. The first-order valence-electron chi connectivity index (χ1n) is 7.91. The lowest BCUT2D eigenvalue weighted by Crippen LogP contribution is -2.15. The lowest BCUT2D eigenvalue weighted by atomic mass is 9.97. The molecule has 0 radical (unpaired) electrons. The fourth-order valence-electron chi connectivity index (χ4n) is 2.98. The van der Waals surface area contributed by atoms with Crippen molar-refractivity contribution in [1.82, 2.24) is 14.5 Å². The molecule has 0 saturated carbocycles. The number of rotatable bonds is 2. The zero-order valence-corrected chi connectivity index (χ0v) is 15.0. The summed E-state index contributed by atoms with van der Waals surface area (Å²) in [5.41, 5.74) is 15.4. The largest absolute Gasteiger partial charge is 0.438 e.